The first-order valence-corrected chi connectivity index (χ1v) is 9.95. The summed E-state index contributed by atoms with van der Waals surface area (Å²) in [7, 11) is 0. The van der Waals surface area contributed by atoms with Crippen molar-refractivity contribution in [3.8, 4) is 11.5 Å². The first-order valence-electron chi connectivity index (χ1n) is 9.20. The van der Waals surface area contributed by atoms with Crippen LogP contribution in [0.15, 0.2) is 53.1 Å². The minimum absolute atomic E-state index is 0.117. The molecule has 1 amide bonds. The number of benzene rings is 2. The molecule has 1 N–H and O–H groups in total. The van der Waals surface area contributed by atoms with Gasteiger partial charge in [0.1, 0.15) is 12.1 Å². The minimum Gasteiger partial charge on any atom is -0.444 e. The third kappa shape index (κ3) is 4.61. The summed E-state index contributed by atoms with van der Waals surface area (Å²) in [4.78, 5) is 19.3. The number of halogens is 3. The maximum Gasteiger partial charge on any atom is 0.241 e. The molecule has 1 atom stereocenters. The second kappa shape index (κ2) is 8.53. The zero-order valence-electron chi connectivity index (χ0n) is 15.4. The topological polar surface area (TPSA) is 58.4 Å². The van der Waals surface area contributed by atoms with Crippen LogP contribution in [0.1, 0.15) is 18.5 Å². The van der Waals surface area contributed by atoms with Crippen molar-refractivity contribution in [1.29, 1.82) is 0 Å². The molecule has 0 spiro atoms. The maximum absolute atomic E-state index is 13.1. The number of nitrogens with zero attached hydrogens (tertiary/aromatic N) is 2. The van der Waals surface area contributed by atoms with Crippen LogP contribution in [0.4, 0.5) is 10.1 Å². The molecule has 1 saturated heterocycles. The van der Waals surface area contributed by atoms with Crippen LogP contribution in [0.2, 0.25) is 10.0 Å². The molecule has 1 aromatic heterocycles. The Balaban J connectivity index is 1.43. The van der Waals surface area contributed by atoms with Crippen LogP contribution in [-0.2, 0) is 11.3 Å². The fraction of sp³-hybridized carbons (Fsp3) is 0.238. The number of aromatic nitrogens is 1. The number of hydrogen-bond donors (Lipinski definition) is 1. The SMILES string of the molecule is O=C(Nc1ccc(Cl)cc1Cl)C1CCCN1Cc1coc(-c2ccc(F)cc2)n1. The van der Waals surface area contributed by atoms with E-state index in [4.69, 9.17) is 27.6 Å². The van der Waals surface area contributed by atoms with E-state index in [0.29, 0.717) is 39.4 Å². The predicted octanol–water partition coefficient (Wildman–Crippen LogP) is 5.39. The Kier molecular flexibility index (Phi) is 5.85. The number of oxazole rings is 1. The van der Waals surface area contributed by atoms with Gasteiger partial charge >= 0.3 is 0 Å². The summed E-state index contributed by atoms with van der Waals surface area (Å²) in [6.45, 7) is 1.27. The number of hydrogen-bond acceptors (Lipinski definition) is 4. The third-order valence-corrected chi connectivity index (χ3v) is 5.41. The summed E-state index contributed by atoms with van der Waals surface area (Å²) in [6.07, 6.45) is 3.23. The molecular formula is C21H18Cl2FN3O2. The smallest absolute Gasteiger partial charge is 0.241 e. The third-order valence-electron chi connectivity index (χ3n) is 4.86. The Morgan fingerprint density at radius 3 is 2.79 bits per heavy atom. The van der Waals surface area contributed by atoms with E-state index in [-0.39, 0.29) is 17.8 Å². The molecule has 29 heavy (non-hydrogen) atoms. The largest absolute Gasteiger partial charge is 0.444 e. The molecule has 0 radical (unpaired) electrons. The van der Waals surface area contributed by atoms with Crippen LogP contribution < -0.4 is 5.32 Å². The van der Waals surface area contributed by atoms with E-state index in [2.05, 4.69) is 15.2 Å². The molecule has 8 heteroatoms. The van der Waals surface area contributed by atoms with E-state index in [1.54, 1.807) is 36.6 Å². The van der Waals surface area contributed by atoms with Gasteiger partial charge < -0.3 is 9.73 Å². The molecule has 1 unspecified atom stereocenters. The Hall–Kier alpha value is -2.41. The van der Waals surface area contributed by atoms with E-state index in [1.165, 1.54) is 12.1 Å². The van der Waals surface area contributed by atoms with Crippen LogP contribution in [-0.4, -0.2) is 28.4 Å². The van der Waals surface area contributed by atoms with E-state index in [1.807, 2.05) is 0 Å². The first kappa shape index (κ1) is 19.9. The van der Waals surface area contributed by atoms with Crippen LogP contribution >= 0.6 is 23.2 Å². The molecule has 0 bridgehead atoms. The van der Waals surface area contributed by atoms with Crippen LogP contribution in [0, 0.1) is 5.82 Å². The van der Waals surface area contributed by atoms with Gasteiger partial charge in [0, 0.05) is 17.1 Å². The Labute approximate surface area is 177 Å². The zero-order valence-corrected chi connectivity index (χ0v) is 16.9. The fourth-order valence-electron chi connectivity index (χ4n) is 3.43. The minimum atomic E-state index is -0.313. The number of amides is 1. The van der Waals surface area contributed by atoms with Crippen LogP contribution in [0.3, 0.4) is 0 Å². The first-order chi connectivity index (χ1) is 14.0. The summed E-state index contributed by atoms with van der Waals surface area (Å²) < 4.78 is 18.6. The van der Waals surface area contributed by atoms with Crippen molar-refractivity contribution in [2.75, 3.05) is 11.9 Å². The van der Waals surface area contributed by atoms with Crippen molar-refractivity contribution in [1.82, 2.24) is 9.88 Å². The van der Waals surface area contributed by atoms with Gasteiger partial charge in [-0.05, 0) is 61.9 Å². The molecule has 3 aromatic rings. The molecule has 4 rings (SSSR count). The highest BCUT2D eigenvalue weighted by Gasteiger charge is 2.31. The lowest BCUT2D eigenvalue weighted by molar-refractivity contribution is -0.120. The summed E-state index contributed by atoms with van der Waals surface area (Å²) in [6, 6.07) is 10.6. The molecular weight excluding hydrogens is 416 g/mol. The molecule has 1 aliphatic heterocycles. The van der Waals surface area contributed by atoms with Gasteiger partial charge in [0.2, 0.25) is 11.8 Å². The number of carbonyl (C=O) groups is 1. The lowest BCUT2D eigenvalue weighted by Crippen LogP contribution is -2.39. The van der Waals surface area contributed by atoms with Crippen molar-refractivity contribution in [3.63, 3.8) is 0 Å². The van der Waals surface area contributed by atoms with Crippen molar-refractivity contribution >= 4 is 34.8 Å². The molecule has 0 saturated carbocycles. The molecule has 2 aromatic carbocycles. The number of nitrogens with one attached hydrogen (secondary N) is 1. The van der Waals surface area contributed by atoms with Gasteiger partial charge in [-0.2, -0.15) is 0 Å². The lowest BCUT2D eigenvalue weighted by Gasteiger charge is -2.22. The number of rotatable bonds is 5. The standard InChI is InChI=1S/C21H18Cl2FN3O2/c22-14-5-8-18(17(23)10-14)26-20(28)19-2-1-9-27(19)11-16-12-29-21(25-16)13-3-6-15(24)7-4-13/h3-8,10,12,19H,1-2,9,11H2,(H,26,28). The highest BCUT2D eigenvalue weighted by molar-refractivity contribution is 6.36. The van der Waals surface area contributed by atoms with Crippen molar-refractivity contribution in [2.45, 2.75) is 25.4 Å². The predicted molar refractivity (Wildman–Crippen MR) is 110 cm³/mol. The van der Waals surface area contributed by atoms with Gasteiger partial charge in [0.05, 0.1) is 22.4 Å². The average Bonchev–Trinajstić information content (AvgIpc) is 3.35. The summed E-state index contributed by atoms with van der Waals surface area (Å²) in [5.41, 5.74) is 1.95. The molecule has 150 valence electrons. The normalized spacial score (nSPS) is 16.9. The van der Waals surface area contributed by atoms with Gasteiger partial charge in [-0.25, -0.2) is 9.37 Å². The zero-order chi connectivity index (χ0) is 20.4. The monoisotopic (exact) mass is 433 g/mol. The van der Waals surface area contributed by atoms with E-state index >= 15 is 0 Å². The Morgan fingerprint density at radius 1 is 1.24 bits per heavy atom. The number of carbonyl (C=O) groups excluding carboxylic acids is 1. The fourth-order valence-corrected chi connectivity index (χ4v) is 3.89. The van der Waals surface area contributed by atoms with Crippen LogP contribution in [0.25, 0.3) is 11.5 Å². The van der Waals surface area contributed by atoms with E-state index in [9.17, 15) is 9.18 Å². The van der Waals surface area contributed by atoms with E-state index in [0.717, 1.165) is 19.4 Å². The number of likely N-dealkylation sites (tertiary alicyclic amines) is 1. The summed E-state index contributed by atoms with van der Waals surface area (Å²) >= 11 is 12.1. The second-order valence-corrected chi connectivity index (χ2v) is 7.74. The quantitative estimate of drug-likeness (QED) is 0.585. The van der Waals surface area contributed by atoms with Gasteiger partial charge in [-0.15, -0.1) is 0 Å². The lowest BCUT2D eigenvalue weighted by atomic mass is 10.2. The summed E-state index contributed by atoms with van der Waals surface area (Å²) in [5, 5.41) is 3.79. The van der Waals surface area contributed by atoms with Gasteiger partial charge in [0.25, 0.3) is 0 Å². The highest BCUT2D eigenvalue weighted by atomic mass is 35.5. The molecule has 5 nitrogen and oxygen atoms in total. The Morgan fingerprint density at radius 2 is 2.03 bits per heavy atom. The van der Waals surface area contributed by atoms with E-state index < -0.39 is 0 Å². The molecule has 2 heterocycles. The van der Waals surface area contributed by atoms with Gasteiger partial charge in [0.15, 0.2) is 0 Å². The number of anilines is 1. The van der Waals surface area contributed by atoms with Gasteiger partial charge in [-0.1, -0.05) is 23.2 Å². The molecule has 0 aliphatic carbocycles. The molecule has 1 aliphatic rings. The van der Waals surface area contributed by atoms with Crippen molar-refractivity contribution < 1.29 is 13.6 Å². The van der Waals surface area contributed by atoms with Crippen molar-refractivity contribution in [2.24, 2.45) is 0 Å². The Bertz CT molecular complexity index is 1020. The van der Waals surface area contributed by atoms with Crippen molar-refractivity contribution in [3.05, 3.63) is 70.3 Å². The summed E-state index contributed by atoms with van der Waals surface area (Å²) in [5.74, 6) is -0.00522. The average molecular weight is 434 g/mol. The maximum atomic E-state index is 13.1. The van der Waals surface area contributed by atoms with Crippen LogP contribution in [0.5, 0.6) is 0 Å². The molecule has 1 fully saturated rings. The highest BCUT2D eigenvalue weighted by Crippen LogP contribution is 2.28. The van der Waals surface area contributed by atoms with Gasteiger partial charge in [-0.3, -0.25) is 9.69 Å². The second-order valence-electron chi connectivity index (χ2n) is 6.89.